The number of nitrogens with one attached hydrogen (secondary N) is 1. The number of phenols is 1. The Bertz CT molecular complexity index is 1240. The Labute approximate surface area is 257 Å². The Morgan fingerprint density at radius 2 is 1.27 bits per heavy atom. The van der Waals surface area contributed by atoms with Gasteiger partial charge >= 0.3 is 17.9 Å². The number of rotatable bonds is 12. The van der Waals surface area contributed by atoms with E-state index < -0.39 is 17.9 Å². The van der Waals surface area contributed by atoms with E-state index in [0.29, 0.717) is 57.8 Å². The van der Waals surface area contributed by atoms with Crippen molar-refractivity contribution >= 4 is 29.5 Å². The number of aromatic hydroxyl groups is 1. The Morgan fingerprint density at radius 1 is 0.727 bits per heavy atom. The summed E-state index contributed by atoms with van der Waals surface area (Å²) in [5, 5.41) is 41.0. The lowest BCUT2D eigenvalue weighted by Gasteiger charge is -2.37. The maximum atomic E-state index is 12.5. The molecule has 1 aliphatic rings. The molecule has 0 saturated carbocycles. The molecule has 0 spiro atoms. The van der Waals surface area contributed by atoms with Crippen LogP contribution in [0.2, 0.25) is 0 Å². The Kier molecular flexibility index (Phi) is 13.5. The first-order valence-corrected chi connectivity index (χ1v) is 14.7. The number of hydrogen-bond donors (Lipinski definition) is 5. The molecule has 2 aromatic carbocycles. The van der Waals surface area contributed by atoms with Crippen LogP contribution in [-0.2, 0) is 32.0 Å². The summed E-state index contributed by atoms with van der Waals surface area (Å²) < 4.78 is 0. The van der Waals surface area contributed by atoms with Crippen molar-refractivity contribution in [1.29, 1.82) is 0 Å². The first kappa shape index (κ1) is 34.5. The van der Waals surface area contributed by atoms with Crippen LogP contribution in [0.4, 0.5) is 5.69 Å². The van der Waals surface area contributed by atoms with Gasteiger partial charge in [0.15, 0.2) is 0 Å². The summed E-state index contributed by atoms with van der Waals surface area (Å²) in [6.45, 7) is 2.40. The van der Waals surface area contributed by atoms with Gasteiger partial charge in [-0.3, -0.25) is 33.9 Å². The summed E-state index contributed by atoms with van der Waals surface area (Å²) >= 11 is 0. The summed E-state index contributed by atoms with van der Waals surface area (Å²) in [5.74, 6) is -2.93. The van der Waals surface area contributed by atoms with Gasteiger partial charge < -0.3 is 30.6 Å². The van der Waals surface area contributed by atoms with Crippen LogP contribution in [-0.4, -0.2) is 142 Å². The molecule has 5 N–H and O–H groups in total. The zero-order valence-corrected chi connectivity index (χ0v) is 25.1. The Balaban J connectivity index is 1.73. The minimum atomic E-state index is -1.02. The van der Waals surface area contributed by atoms with Crippen molar-refractivity contribution in [1.82, 2.24) is 19.6 Å². The van der Waals surface area contributed by atoms with Crippen molar-refractivity contribution in [2.45, 2.75) is 25.3 Å². The number of anilines is 1. The van der Waals surface area contributed by atoms with Gasteiger partial charge in [-0.05, 0) is 55.3 Å². The molecular weight excluding hydrogens is 570 g/mol. The zero-order chi connectivity index (χ0) is 32.1. The van der Waals surface area contributed by atoms with E-state index in [9.17, 15) is 39.6 Å². The quantitative estimate of drug-likeness (QED) is 0.230. The van der Waals surface area contributed by atoms with Gasteiger partial charge in [-0.1, -0.05) is 24.3 Å². The lowest BCUT2D eigenvalue weighted by molar-refractivity contribution is -0.141. The highest BCUT2D eigenvalue weighted by Crippen LogP contribution is 2.17. The molecule has 1 unspecified atom stereocenters. The van der Waals surface area contributed by atoms with Gasteiger partial charge in [-0.2, -0.15) is 0 Å². The molecule has 13 nitrogen and oxygen atoms in total. The van der Waals surface area contributed by atoms with Crippen molar-refractivity contribution < 1.29 is 39.6 Å². The van der Waals surface area contributed by atoms with Gasteiger partial charge in [0.25, 0.3) is 0 Å². The molecule has 1 saturated heterocycles. The second-order valence-electron chi connectivity index (χ2n) is 11.2. The summed E-state index contributed by atoms with van der Waals surface area (Å²) in [6, 6.07) is 13.7. The van der Waals surface area contributed by atoms with Crippen molar-refractivity contribution in [2.75, 3.05) is 77.8 Å². The fourth-order valence-electron chi connectivity index (χ4n) is 5.21. The Hall–Kier alpha value is -4.04. The van der Waals surface area contributed by atoms with E-state index in [0.717, 1.165) is 11.1 Å². The summed E-state index contributed by atoms with van der Waals surface area (Å²) in [4.78, 5) is 54.9. The molecule has 0 aliphatic carbocycles. The number of aryl methyl sites for hydroxylation is 1. The van der Waals surface area contributed by atoms with E-state index in [1.165, 1.54) is 0 Å². The minimum absolute atomic E-state index is 0.150. The molecule has 13 heteroatoms. The van der Waals surface area contributed by atoms with Crippen LogP contribution in [0.1, 0.15) is 17.5 Å². The predicted octanol–water partition coefficient (Wildman–Crippen LogP) is 0.980. The summed E-state index contributed by atoms with van der Waals surface area (Å²) in [5.41, 5.74) is 2.46. The van der Waals surface area contributed by atoms with Gasteiger partial charge in [0.05, 0.1) is 19.6 Å². The molecule has 0 bridgehead atoms. The van der Waals surface area contributed by atoms with E-state index >= 15 is 0 Å². The number of likely N-dealkylation sites (N-methyl/N-ethyl adjacent to an activating group) is 1. The maximum Gasteiger partial charge on any atom is 0.317 e. The number of phenolic OH excluding ortho intramolecular Hbond substituents is 1. The molecular formula is C31H43N5O8. The van der Waals surface area contributed by atoms with E-state index in [1.807, 2.05) is 29.0 Å². The third-order valence-electron chi connectivity index (χ3n) is 7.63. The number of benzene rings is 2. The van der Waals surface area contributed by atoms with Gasteiger partial charge in [0.1, 0.15) is 5.75 Å². The average Bonchev–Trinajstić information content (AvgIpc) is 2.95. The van der Waals surface area contributed by atoms with E-state index in [1.54, 1.807) is 46.2 Å². The van der Waals surface area contributed by atoms with Gasteiger partial charge in [-0.25, -0.2) is 0 Å². The van der Waals surface area contributed by atoms with E-state index in [-0.39, 0.29) is 50.3 Å². The van der Waals surface area contributed by atoms with E-state index in [2.05, 4.69) is 5.32 Å². The SMILES string of the molecule is CN1CCN(CC(=O)O)CCN(CC(=O)O)CC(Cc2ccc(NC(=O)CCc3ccc(O)cc3)cc2)N(CC(=O)O)CC1. The smallest absolute Gasteiger partial charge is 0.317 e. The van der Waals surface area contributed by atoms with Crippen molar-refractivity contribution in [3.63, 3.8) is 0 Å². The number of amides is 1. The number of aliphatic carboxylic acids is 3. The first-order chi connectivity index (χ1) is 21.0. The fraction of sp³-hybridized carbons (Fsp3) is 0.484. The molecule has 44 heavy (non-hydrogen) atoms. The number of carbonyl (C=O) groups is 4. The monoisotopic (exact) mass is 613 g/mol. The van der Waals surface area contributed by atoms with E-state index in [4.69, 9.17) is 0 Å². The topological polar surface area (TPSA) is 174 Å². The number of carboxylic acids is 3. The second kappa shape index (κ2) is 17.3. The Morgan fingerprint density at radius 3 is 1.91 bits per heavy atom. The largest absolute Gasteiger partial charge is 0.508 e. The van der Waals surface area contributed by atoms with Gasteiger partial charge in [0.2, 0.25) is 5.91 Å². The average molecular weight is 614 g/mol. The maximum absolute atomic E-state index is 12.5. The van der Waals surface area contributed by atoms with Crippen LogP contribution in [0.3, 0.4) is 0 Å². The van der Waals surface area contributed by atoms with Gasteiger partial charge in [-0.15, -0.1) is 0 Å². The van der Waals surface area contributed by atoms with Crippen LogP contribution < -0.4 is 5.32 Å². The third-order valence-corrected chi connectivity index (χ3v) is 7.63. The number of carboxylic acid groups (broad SMARTS) is 3. The molecule has 240 valence electrons. The molecule has 1 atom stereocenters. The highest BCUT2D eigenvalue weighted by molar-refractivity contribution is 5.90. The van der Waals surface area contributed by atoms with Crippen LogP contribution in [0, 0.1) is 0 Å². The van der Waals surface area contributed by atoms with Crippen LogP contribution in [0.15, 0.2) is 48.5 Å². The number of hydrogen-bond acceptors (Lipinski definition) is 9. The van der Waals surface area contributed by atoms with Crippen molar-refractivity contribution in [2.24, 2.45) is 0 Å². The predicted molar refractivity (Wildman–Crippen MR) is 164 cm³/mol. The lowest BCUT2D eigenvalue weighted by atomic mass is 10.0. The highest BCUT2D eigenvalue weighted by Gasteiger charge is 2.26. The molecule has 1 aliphatic heterocycles. The molecule has 0 aromatic heterocycles. The second-order valence-corrected chi connectivity index (χ2v) is 11.2. The normalized spacial score (nSPS) is 18.2. The molecule has 2 aromatic rings. The zero-order valence-electron chi connectivity index (χ0n) is 25.1. The molecule has 1 heterocycles. The first-order valence-electron chi connectivity index (χ1n) is 14.7. The fourth-order valence-corrected chi connectivity index (χ4v) is 5.21. The minimum Gasteiger partial charge on any atom is -0.508 e. The van der Waals surface area contributed by atoms with Crippen LogP contribution in [0.25, 0.3) is 0 Å². The molecule has 3 rings (SSSR count). The molecule has 1 fully saturated rings. The molecule has 0 radical (unpaired) electrons. The number of carbonyl (C=O) groups excluding carboxylic acids is 1. The standard InChI is InChI=1S/C31H43N5O8/c1-33-12-14-34(20-29(39)40)15-16-35(21-30(41)42)19-26(36(17-13-33)22-31(43)44)18-24-2-7-25(8-3-24)32-28(38)11-6-23-4-9-27(37)10-5-23/h2-5,7-10,26,37H,6,11-22H2,1H3,(H,32,38)(H,39,40)(H,41,42)(H,43,44). The van der Waals surface area contributed by atoms with Gasteiger partial charge in [0, 0.05) is 64.0 Å². The highest BCUT2D eigenvalue weighted by atomic mass is 16.4. The molecule has 1 amide bonds. The van der Waals surface area contributed by atoms with Crippen molar-refractivity contribution in [3.8, 4) is 5.75 Å². The van der Waals surface area contributed by atoms with Crippen molar-refractivity contribution in [3.05, 3.63) is 59.7 Å². The summed E-state index contributed by atoms with van der Waals surface area (Å²) in [6.07, 6.45) is 1.25. The van der Waals surface area contributed by atoms with Crippen LogP contribution >= 0.6 is 0 Å². The third kappa shape index (κ3) is 12.7. The lowest BCUT2D eigenvalue weighted by Crippen LogP contribution is -2.52. The van der Waals surface area contributed by atoms with Crippen LogP contribution in [0.5, 0.6) is 5.75 Å². The summed E-state index contributed by atoms with van der Waals surface area (Å²) in [7, 11) is 1.91. The number of nitrogens with zero attached hydrogens (tertiary/aromatic N) is 4.